The average Bonchev–Trinajstić information content (AvgIpc) is 2.40. The number of alkyl halides is 1. The van der Waals surface area contributed by atoms with Gasteiger partial charge in [0.1, 0.15) is 0 Å². The summed E-state index contributed by atoms with van der Waals surface area (Å²) in [5, 5.41) is 1.21. The van der Waals surface area contributed by atoms with Crippen LogP contribution in [-0.2, 0) is 0 Å². The molecule has 0 bridgehead atoms. The molecule has 0 saturated heterocycles. The van der Waals surface area contributed by atoms with E-state index in [4.69, 9.17) is 11.6 Å². The quantitative estimate of drug-likeness (QED) is 0.751. The molecule has 1 aromatic heterocycles. The van der Waals surface area contributed by atoms with Crippen molar-refractivity contribution >= 4 is 28.2 Å². The predicted molar refractivity (Wildman–Crippen MR) is 75.0 cm³/mol. The summed E-state index contributed by atoms with van der Waals surface area (Å²) in [4.78, 5) is 6.74. The van der Waals surface area contributed by atoms with Gasteiger partial charge in [0.25, 0.3) is 0 Å². The normalized spacial score (nSPS) is 10.7. The average molecular weight is 249 g/mol. The summed E-state index contributed by atoms with van der Waals surface area (Å²) in [5.41, 5.74) is 2.30. The Morgan fingerprint density at radius 3 is 2.82 bits per heavy atom. The fraction of sp³-hybridized carbons (Fsp3) is 0.357. The molecule has 0 fully saturated rings. The standard InChI is InChI=1S/C14H17ClN2/c1-2-17(11-5-9-15)14-8-10-16-13-7-4-3-6-12(13)14/h3-4,6-8,10H,2,5,9,11H2,1H3. The highest BCUT2D eigenvalue weighted by molar-refractivity contribution is 6.17. The number of benzene rings is 1. The number of halogens is 1. The smallest absolute Gasteiger partial charge is 0.0722 e. The summed E-state index contributed by atoms with van der Waals surface area (Å²) in [6.45, 7) is 4.16. The molecular weight excluding hydrogens is 232 g/mol. The third-order valence-electron chi connectivity index (χ3n) is 2.91. The first-order chi connectivity index (χ1) is 8.36. The fourth-order valence-electron chi connectivity index (χ4n) is 2.06. The summed E-state index contributed by atoms with van der Waals surface area (Å²) < 4.78 is 0. The molecule has 17 heavy (non-hydrogen) atoms. The number of rotatable bonds is 5. The van der Waals surface area contributed by atoms with Crippen molar-refractivity contribution in [3.05, 3.63) is 36.5 Å². The fourth-order valence-corrected chi connectivity index (χ4v) is 2.18. The van der Waals surface area contributed by atoms with E-state index in [1.54, 1.807) is 0 Å². The maximum absolute atomic E-state index is 5.77. The van der Waals surface area contributed by atoms with Gasteiger partial charge in [0.15, 0.2) is 0 Å². The minimum absolute atomic E-state index is 0.708. The predicted octanol–water partition coefficient (Wildman–Crippen LogP) is 3.69. The molecule has 0 aliphatic carbocycles. The van der Waals surface area contributed by atoms with Gasteiger partial charge in [-0.2, -0.15) is 0 Å². The van der Waals surface area contributed by atoms with Crippen molar-refractivity contribution < 1.29 is 0 Å². The van der Waals surface area contributed by atoms with Crippen molar-refractivity contribution in [2.75, 3.05) is 23.9 Å². The molecule has 0 aliphatic rings. The monoisotopic (exact) mass is 248 g/mol. The molecule has 0 aliphatic heterocycles. The van der Waals surface area contributed by atoms with Gasteiger partial charge in [-0.3, -0.25) is 4.98 Å². The van der Waals surface area contributed by atoms with Crippen molar-refractivity contribution in [2.24, 2.45) is 0 Å². The molecule has 90 valence electrons. The molecule has 1 heterocycles. The van der Waals surface area contributed by atoms with Crippen LogP contribution in [0.3, 0.4) is 0 Å². The van der Waals surface area contributed by atoms with Crippen LogP contribution in [0.5, 0.6) is 0 Å². The summed E-state index contributed by atoms with van der Waals surface area (Å²) in [6, 6.07) is 10.3. The Morgan fingerprint density at radius 2 is 2.06 bits per heavy atom. The number of hydrogen-bond acceptors (Lipinski definition) is 2. The first-order valence-corrected chi connectivity index (χ1v) is 6.55. The summed E-state index contributed by atoms with van der Waals surface area (Å²) in [7, 11) is 0. The molecule has 1 aromatic carbocycles. The second kappa shape index (κ2) is 5.87. The van der Waals surface area contributed by atoms with Crippen LogP contribution < -0.4 is 4.90 Å². The number of anilines is 1. The Bertz CT molecular complexity index is 479. The highest BCUT2D eigenvalue weighted by atomic mass is 35.5. The number of pyridine rings is 1. The zero-order valence-electron chi connectivity index (χ0n) is 10.1. The van der Waals surface area contributed by atoms with Gasteiger partial charge in [0.2, 0.25) is 0 Å². The lowest BCUT2D eigenvalue weighted by atomic mass is 10.1. The first-order valence-electron chi connectivity index (χ1n) is 6.01. The Kier molecular flexibility index (Phi) is 4.21. The van der Waals surface area contributed by atoms with Gasteiger partial charge in [-0.15, -0.1) is 11.6 Å². The van der Waals surface area contributed by atoms with Crippen molar-refractivity contribution in [3.8, 4) is 0 Å². The molecule has 0 unspecified atom stereocenters. The number of fused-ring (bicyclic) bond motifs is 1. The second-order valence-corrected chi connectivity index (χ2v) is 4.35. The van der Waals surface area contributed by atoms with Crippen molar-refractivity contribution in [1.29, 1.82) is 0 Å². The highest BCUT2D eigenvalue weighted by Gasteiger charge is 2.07. The largest absolute Gasteiger partial charge is 0.371 e. The maximum Gasteiger partial charge on any atom is 0.0722 e. The van der Waals surface area contributed by atoms with Gasteiger partial charge < -0.3 is 4.90 Å². The van der Waals surface area contributed by atoms with Crippen LogP contribution in [0.1, 0.15) is 13.3 Å². The van der Waals surface area contributed by atoms with Crippen LogP contribution in [0.2, 0.25) is 0 Å². The van der Waals surface area contributed by atoms with Crippen molar-refractivity contribution in [2.45, 2.75) is 13.3 Å². The van der Waals surface area contributed by atoms with Gasteiger partial charge in [-0.05, 0) is 25.5 Å². The molecule has 0 atom stereocenters. The molecule has 2 rings (SSSR count). The lowest BCUT2D eigenvalue weighted by molar-refractivity contribution is 0.797. The van der Waals surface area contributed by atoms with Crippen molar-refractivity contribution in [3.63, 3.8) is 0 Å². The van der Waals surface area contributed by atoms with Crippen LogP contribution in [-0.4, -0.2) is 24.0 Å². The Balaban J connectivity index is 2.38. The highest BCUT2D eigenvalue weighted by Crippen LogP contribution is 2.24. The zero-order chi connectivity index (χ0) is 12.1. The van der Waals surface area contributed by atoms with Gasteiger partial charge >= 0.3 is 0 Å². The molecule has 2 nitrogen and oxygen atoms in total. The summed E-state index contributed by atoms with van der Waals surface area (Å²) in [6.07, 6.45) is 2.88. The molecule has 0 radical (unpaired) electrons. The maximum atomic E-state index is 5.77. The van der Waals surface area contributed by atoms with E-state index in [9.17, 15) is 0 Å². The van der Waals surface area contributed by atoms with Crippen molar-refractivity contribution in [1.82, 2.24) is 4.98 Å². The summed E-state index contributed by atoms with van der Waals surface area (Å²) in [5.74, 6) is 0.708. The molecule has 0 saturated carbocycles. The van der Waals surface area contributed by atoms with Crippen LogP contribution >= 0.6 is 11.6 Å². The van der Waals surface area contributed by atoms with Crippen LogP contribution in [0.25, 0.3) is 10.9 Å². The molecular formula is C14H17ClN2. The lowest BCUT2D eigenvalue weighted by Gasteiger charge is -2.24. The van der Waals surface area contributed by atoms with E-state index in [1.165, 1.54) is 11.1 Å². The van der Waals surface area contributed by atoms with Crippen LogP contribution in [0, 0.1) is 0 Å². The first kappa shape index (κ1) is 12.2. The minimum atomic E-state index is 0.708. The van der Waals surface area contributed by atoms with Gasteiger partial charge in [-0.25, -0.2) is 0 Å². The second-order valence-electron chi connectivity index (χ2n) is 3.97. The van der Waals surface area contributed by atoms with Gasteiger partial charge in [0.05, 0.1) is 5.52 Å². The zero-order valence-corrected chi connectivity index (χ0v) is 10.8. The van der Waals surface area contributed by atoms with E-state index in [-0.39, 0.29) is 0 Å². The topological polar surface area (TPSA) is 16.1 Å². The Labute approximate surface area is 107 Å². The van der Waals surface area contributed by atoms with E-state index >= 15 is 0 Å². The molecule has 0 spiro atoms. The number of nitrogens with zero attached hydrogens (tertiary/aromatic N) is 2. The van der Waals surface area contributed by atoms with E-state index in [1.807, 2.05) is 18.3 Å². The molecule has 2 aromatic rings. The SMILES string of the molecule is CCN(CCCCl)c1ccnc2ccccc12. The minimum Gasteiger partial charge on any atom is -0.371 e. The Morgan fingerprint density at radius 1 is 1.24 bits per heavy atom. The van der Waals surface area contributed by atoms with Crippen LogP contribution in [0.4, 0.5) is 5.69 Å². The van der Waals surface area contributed by atoms with E-state index < -0.39 is 0 Å². The molecule has 0 amide bonds. The van der Waals surface area contributed by atoms with E-state index in [0.29, 0.717) is 5.88 Å². The number of para-hydroxylation sites is 1. The third kappa shape index (κ3) is 2.70. The third-order valence-corrected chi connectivity index (χ3v) is 3.18. The summed E-state index contributed by atoms with van der Waals surface area (Å²) >= 11 is 5.77. The van der Waals surface area contributed by atoms with E-state index in [2.05, 4.69) is 35.0 Å². The van der Waals surface area contributed by atoms with Gasteiger partial charge in [-0.1, -0.05) is 18.2 Å². The number of hydrogen-bond donors (Lipinski definition) is 0. The van der Waals surface area contributed by atoms with Crippen LogP contribution in [0.15, 0.2) is 36.5 Å². The van der Waals surface area contributed by atoms with Gasteiger partial charge in [0, 0.05) is 36.2 Å². The Hall–Kier alpha value is -1.28. The molecule has 0 N–H and O–H groups in total. The lowest BCUT2D eigenvalue weighted by Crippen LogP contribution is -2.24. The molecule has 3 heteroatoms. The van der Waals surface area contributed by atoms with E-state index in [0.717, 1.165) is 25.0 Å². The number of aromatic nitrogens is 1.